The minimum atomic E-state index is 0.530. The molecule has 84 valence electrons. The lowest BCUT2D eigenvalue weighted by molar-refractivity contribution is 0.364. The van der Waals surface area contributed by atoms with Gasteiger partial charge in [-0.2, -0.15) is 0 Å². The third-order valence-electron chi connectivity index (χ3n) is 2.52. The van der Waals surface area contributed by atoms with Crippen molar-refractivity contribution in [2.75, 3.05) is 13.2 Å². The summed E-state index contributed by atoms with van der Waals surface area (Å²) >= 11 is 0. The van der Waals surface area contributed by atoms with E-state index in [0.717, 1.165) is 17.7 Å². The number of hydrogen-bond acceptors (Lipinski definition) is 2. The maximum Gasteiger partial charge on any atom is 0.120 e. The number of H-pyrrole nitrogens is 1. The van der Waals surface area contributed by atoms with Gasteiger partial charge in [-0.25, -0.2) is 0 Å². The predicted octanol–water partition coefficient (Wildman–Crippen LogP) is 2.23. The molecule has 0 aliphatic rings. The Morgan fingerprint density at radius 2 is 2.31 bits per heavy atom. The quantitative estimate of drug-likeness (QED) is 0.753. The van der Waals surface area contributed by atoms with Gasteiger partial charge in [0.1, 0.15) is 12.4 Å². The van der Waals surface area contributed by atoms with Gasteiger partial charge in [-0.3, -0.25) is 0 Å². The van der Waals surface area contributed by atoms with Crippen LogP contribution in [0.3, 0.4) is 0 Å². The summed E-state index contributed by atoms with van der Waals surface area (Å²) in [4.78, 5) is 3.23. The van der Waals surface area contributed by atoms with Crippen LogP contribution in [0.2, 0.25) is 0 Å². The number of rotatable bonds is 5. The number of aromatic nitrogens is 1. The van der Waals surface area contributed by atoms with Crippen molar-refractivity contribution in [3.63, 3.8) is 0 Å². The standard InChI is InChI=1S/C13H16N2O/c1-2-7-16-11-3-4-13-12(8-11)10(5-6-14)9-15-13/h2-4,8-9,15H,1,5-7,14H2. The van der Waals surface area contributed by atoms with Gasteiger partial charge < -0.3 is 15.5 Å². The summed E-state index contributed by atoms with van der Waals surface area (Å²) in [6, 6.07) is 6.02. The van der Waals surface area contributed by atoms with Crippen molar-refractivity contribution in [2.24, 2.45) is 5.73 Å². The highest BCUT2D eigenvalue weighted by molar-refractivity contribution is 5.84. The number of nitrogens with two attached hydrogens (primary N) is 1. The minimum absolute atomic E-state index is 0.530. The van der Waals surface area contributed by atoms with Crippen LogP contribution in [0.1, 0.15) is 5.56 Å². The first-order valence-electron chi connectivity index (χ1n) is 5.39. The highest BCUT2D eigenvalue weighted by Crippen LogP contribution is 2.23. The summed E-state index contributed by atoms with van der Waals surface area (Å²) in [5, 5.41) is 1.19. The van der Waals surface area contributed by atoms with E-state index in [9.17, 15) is 0 Å². The first kappa shape index (κ1) is 10.8. The van der Waals surface area contributed by atoms with Gasteiger partial charge >= 0.3 is 0 Å². The van der Waals surface area contributed by atoms with Gasteiger partial charge in [0.25, 0.3) is 0 Å². The Labute approximate surface area is 94.9 Å². The van der Waals surface area contributed by atoms with E-state index in [2.05, 4.69) is 11.6 Å². The topological polar surface area (TPSA) is 51.0 Å². The van der Waals surface area contributed by atoms with Gasteiger partial charge in [-0.1, -0.05) is 12.7 Å². The van der Waals surface area contributed by atoms with Crippen LogP contribution in [0.5, 0.6) is 5.75 Å². The molecule has 3 heteroatoms. The zero-order chi connectivity index (χ0) is 11.4. The van der Waals surface area contributed by atoms with Crippen molar-refractivity contribution in [1.29, 1.82) is 0 Å². The molecule has 0 radical (unpaired) electrons. The Morgan fingerprint density at radius 1 is 1.44 bits per heavy atom. The summed E-state index contributed by atoms with van der Waals surface area (Å²) < 4.78 is 5.50. The lowest BCUT2D eigenvalue weighted by atomic mass is 10.1. The average Bonchev–Trinajstić information content (AvgIpc) is 2.70. The molecule has 3 N–H and O–H groups in total. The second kappa shape index (κ2) is 4.86. The van der Waals surface area contributed by atoms with Crippen molar-refractivity contribution < 1.29 is 4.74 Å². The molecule has 1 heterocycles. The predicted molar refractivity (Wildman–Crippen MR) is 66.7 cm³/mol. The molecular formula is C13H16N2O. The molecule has 0 amide bonds. The molecule has 2 aromatic rings. The first-order valence-corrected chi connectivity index (χ1v) is 5.39. The Hall–Kier alpha value is -1.74. The maximum absolute atomic E-state index is 5.57. The van der Waals surface area contributed by atoms with Gasteiger partial charge in [-0.15, -0.1) is 0 Å². The van der Waals surface area contributed by atoms with Crippen molar-refractivity contribution in [2.45, 2.75) is 6.42 Å². The summed E-state index contributed by atoms with van der Waals surface area (Å²) in [5.41, 5.74) is 7.93. The number of benzene rings is 1. The zero-order valence-corrected chi connectivity index (χ0v) is 9.20. The Balaban J connectivity index is 2.33. The second-order valence-electron chi connectivity index (χ2n) is 3.66. The Kier molecular flexibility index (Phi) is 3.27. The van der Waals surface area contributed by atoms with Crippen LogP contribution >= 0.6 is 0 Å². The molecule has 0 atom stereocenters. The largest absolute Gasteiger partial charge is 0.490 e. The van der Waals surface area contributed by atoms with Gasteiger partial charge in [0.15, 0.2) is 0 Å². The van der Waals surface area contributed by atoms with Crippen LogP contribution in [0.15, 0.2) is 37.1 Å². The number of hydrogen-bond donors (Lipinski definition) is 2. The van der Waals surface area contributed by atoms with Gasteiger partial charge in [0.2, 0.25) is 0 Å². The summed E-state index contributed by atoms with van der Waals surface area (Å²) in [7, 11) is 0. The van der Waals surface area contributed by atoms with E-state index in [0.29, 0.717) is 13.2 Å². The molecule has 0 saturated heterocycles. The Morgan fingerprint density at radius 3 is 3.06 bits per heavy atom. The highest BCUT2D eigenvalue weighted by atomic mass is 16.5. The lowest BCUT2D eigenvalue weighted by Gasteiger charge is -2.03. The van der Waals surface area contributed by atoms with Crippen molar-refractivity contribution in [3.8, 4) is 5.75 Å². The van der Waals surface area contributed by atoms with Gasteiger partial charge in [0.05, 0.1) is 0 Å². The van der Waals surface area contributed by atoms with Crippen LogP contribution in [0.25, 0.3) is 10.9 Å². The highest BCUT2D eigenvalue weighted by Gasteiger charge is 2.04. The molecule has 0 aliphatic carbocycles. The summed E-state index contributed by atoms with van der Waals surface area (Å²) in [6.07, 6.45) is 4.63. The molecule has 2 rings (SSSR count). The van der Waals surface area contributed by atoms with Crippen molar-refractivity contribution in [3.05, 3.63) is 42.6 Å². The Bertz CT molecular complexity index is 488. The van der Waals surface area contributed by atoms with Crippen LogP contribution in [0.4, 0.5) is 0 Å². The van der Waals surface area contributed by atoms with E-state index >= 15 is 0 Å². The normalized spacial score (nSPS) is 10.6. The molecular weight excluding hydrogens is 200 g/mol. The summed E-state index contributed by atoms with van der Waals surface area (Å²) in [5.74, 6) is 0.866. The van der Waals surface area contributed by atoms with Crippen LogP contribution in [-0.4, -0.2) is 18.1 Å². The van der Waals surface area contributed by atoms with Gasteiger partial charge in [-0.05, 0) is 36.7 Å². The van der Waals surface area contributed by atoms with E-state index in [1.165, 1.54) is 10.9 Å². The lowest BCUT2D eigenvalue weighted by Crippen LogP contribution is -2.01. The molecule has 0 spiro atoms. The fraction of sp³-hybridized carbons (Fsp3) is 0.231. The number of nitrogens with one attached hydrogen (secondary N) is 1. The van der Waals surface area contributed by atoms with E-state index in [1.807, 2.05) is 24.4 Å². The molecule has 0 unspecified atom stereocenters. The van der Waals surface area contributed by atoms with E-state index in [4.69, 9.17) is 10.5 Å². The molecule has 0 saturated carbocycles. The van der Waals surface area contributed by atoms with Crippen LogP contribution in [0, 0.1) is 0 Å². The third-order valence-corrected chi connectivity index (χ3v) is 2.52. The van der Waals surface area contributed by atoms with E-state index < -0.39 is 0 Å². The molecule has 3 nitrogen and oxygen atoms in total. The van der Waals surface area contributed by atoms with Crippen LogP contribution < -0.4 is 10.5 Å². The maximum atomic E-state index is 5.57. The van der Waals surface area contributed by atoms with E-state index in [1.54, 1.807) is 6.08 Å². The number of ether oxygens (including phenoxy) is 1. The van der Waals surface area contributed by atoms with Crippen molar-refractivity contribution in [1.82, 2.24) is 4.98 Å². The molecule has 1 aromatic carbocycles. The van der Waals surface area contributed by atoms with Gasteiger partial charge in [0, 0.05) is 17.1 Å². The smallest absolute Gasteiger partial charge is 0.120 e. The summed E-state index contributed by atoms with van der Waals surface area (Å²) in [6.45, 7) is 4.81. The molecule has 1 aromatic heterocycles. The molecule has 16 heavy (non-hydrogen) atoms. The molecule has 0 fully saturated rings. The van der Waals surface area contributed by atoms with E-state index in [-0.39, 0.29) is 0 Å². The molecule has 0 aliphatic heterocycles. The second-order valence-corrected chi connectivity index (χ2v) is 3.66. The van der Waals surface area contributed by atoms with Crippen LogP contribution in [-0.2, 0) is 6.42 Å². The number of fused-ring (bicyclic) bond motifs is 1. The monoisotopic (exact) mass is 216 g/mol. The van der Waals surface area contributed by atoms with Crippen molar-refractivity contribution >= 4 is 10.9 Å². The first-order chi connectivity index (χ1) is 7.85. The average molecular weight is 216 g/mol. The zero-order valence-electron chi connectivity index (χ0n) is 9.20. The third kappa shape index (κ3) is 2.09. The SMILES string of the molecule is C=CCOc1ccc2[nH]cc(CCN)c2c1. The molecule has 0 bridgehead atoms. The fourth-order valence-corrected chi connectivity index (χ4v) is 1.76. The fourth-order valence-electron chi connectivity index (χ4n) is 1.76. The minimum Gasteiger partial charge on any atom is -0.490 e. The number of aromatic amines is 1.